The van der Waals surface area contributed by atoms with Crippen molar-refractivity contribution in [1.82, 2.24) is 4.90 Å². The molecule has 1 fully saturated rings. The standard InChI is InChI=1S/C23H25N3O2/c1-16(2)26-22(27)20(17-8-4-3-5-9-17)21(23(26)28)24-18-10-12-19(13-11-18)25-14-6-7-15-25/h3-5,8-13,16,24H,6-7,14-15H2,1-2H3. The van der Waals surface area contributed by atoms with Crippen LogP contribution in [0, 0.1) is 0 Å². The highest BCUT2D eigenvalue weighted by Gasteiger charge is 2.40. The van der Waals surface area contributed by atoms with Crippen molar-refractivity contribution in [3.63, 3.8) is 0 Å². The largest absolute Gasteiger partial charge is 0.372 e. The minimum Gasteiger partial charge on any atom is -0.372 e. The Bertz CT molecular complexity index is 911. The van der Waals surface area contributed by atoms with Gasteiger partial charge in [0, 0.05) is 30.5 Å². The van der Waals surface area contributed by atoms with Crippen molar-refractivity contribution in [2.75, 3.05) is 23.3 Å². The van der Waals surface area contributed by atoms with E-state index in [-0.39, 0.29) is 17.9 Å². The zero-order valence-corrected chi connectivity index (χ0v) is 16.3. The first-order valence-electron chi connectivity index (χ1n) is 9.86. The number of nitrogens with zero attached hydrogens (tertiary/aromatic N) is 2. The molecule has 0 atom stereocenters. The summed E-state index contributed by atoms with van der Waals surface area (Å²) in [6, 6.07) is 17.3. The van der Waals surface area contributed by atoms with Gasteiger partial charge in [-0.3, -0.25) is 14.5 Å². The smallest absolute Gasteiger partial charge is 0.278 e. The molecule has 0 saturated carbocycles. The van der Waals surface area contributed by atoms with Gasteiger partial charge in [0.2, 0.25) is 0 Å². The lowest BCUT2D eigenvalue weighted by Crippen LogP contribution is -2.38. The minimum absolute atomic E-state index is 0.199. The molecule has 0 unspecified atom stereocenters. The van der Waals surface area contributed by atoms with Gasteiger partial charge in [0.25, 0.3) is 11.8 Å². The fraction of sp³-hybridized carbons (Fsp3) is 0.304. The third kappa shape index (κ3) is 3.28. The van der Waals surface area contributed by atoms with E-state index < -0.39 is 0 Å². The van der Waals surface area contributed by atoms with Gasteiger partial charge in [-0.15, -0.1) is 0 Å². The van der Waals surface area contributed by atoms with Crippen molar-refractivity contribution < 1.29 is 9.59 Å². The Morgan fingerprint density at radius 1 is 0.857 bits per heavy atom. The SMILES string of the molecule is CC(C)N1C(=O)C(Nc2ccc(N3CCCC3)cc2)=C(c2ccccc2)C1=O. The Morgan fingerprint density at radius 3 is 2.11 bits per heavy atom. The minimum atomic E-state index is -0.275. The Labute approximate surface area is 165 Å². The van der Waals surface area contributed by atoms with E-state index in [1.165, 1.54) is 23.4 Å². The predicted molar refractivity (Wildman–Crippen MR) is 112 cm³/mol. The maximum absolute atomic E-state index is 13.0. The topological polar surface area (TPSA) is 52.7 Å². The summed E-state index contributed by atoms with van der Waals surface area (Å²) in [6.07, 6.45) is 2.46. The molecule has 144 valence electrons. The fourth-order valence-electron chi connectivity index (χ4n) is 3.88. The molecule has 2 heterocycles. The number of carbonyl (C=O) groups is 2. The van der Waals surface area contributed by atoms with Crippen molar-refractivity contribution in [2.24, 2.45) is 0 Å². The van der Waals surface area contributed by atoms with E-state index in [0.29, 0.717) is 11.3 Å². The summed E-state index contributed by atoms with van der Waals surface area (Å²) in [5.41, 5.74) is 3.53. The maximum Gasteiger partial charge on any atom is 0.278 e. The van der Waals surface area contributed by atoms with Crippen molar-refractivity contribution in [3.8, 4) is 0 Å². The second kappa shape index (κ2) is 7.50. The predicted octanol–water partition coefficient (Wildman–Crippen LogP) is 3.89. The number of hydrogen-bond acceptors (Lipinski definition) is 4. The molecule has 0 aliphatic carbocycles. The molecule has 0 bridgehead atoms. The van der Waals surface area contributed by atoms with Crippen LogP contribution in [0.4, 0.5) is 11.4 Å². The average molecular weight is 375 g/mol. The lowest BCUT2D eigenvalue weighted by Gasteiger charge is -2.19. The number of carbonyl (C=O) groups excluding carboxylic acids is 2. The zero-order valence-electron chi connectivity index (χ0n) is 16.3. The van der Waals surface area contributed by atoms with E-state index in [0.717, 1.165) is 24.3 Å². The molecule has 2 amide bonds. The molecule has 2 aliphatic rings. The Balaban J connectivity index is 1.67. The highest BCUT2D eigenvalue weighted by atomic mass is 16.2. The monoisotopic (exact) mass is 375 g/mol. The molecule has 0 spiro atoms. The van der Waals surface area contributed by atoms with Crippen LogP contribution in [-0.4, -0.2) is 35.8 Å². The van der Waals surface area contributed by atoms with E-state index in [1.807, 2.05) is 56.3 Å². The summed E-state index contributed by atoms with van der Waals surface area (Å²) in [4.78, 5) is 29.7. The van der Waals surface area contributed by atoms with Crippen LogP contribution in [0.2, 0.25) is 0 Å². The number of anilines is 2. The number of nitrogens with one attached hydrogen (secondary N) is 1. The van der Waals surface area contributed by atoms with Gasteiger partial charge in [-0.25, -0.2) is 0 Å². The number of hydrogen-bond donors (Lipinski definition) is 1. The summed E-state index contributed by atoms with van der Waals surface area (Å²) >= 11 is 0. The van der Waals surface area contributed by atoms with E-state index >= 15 is 0 Å². The van der Waals surface area contributed by atoms with Crippen LogP contribution in [0.5, 0.6) is 0 Å². The molecule has 28 heavy (non-hydrogen) atoms. The van der Waals surface area contributed by atoms with Crippen LogP contribution < -0.4 is 10.2 Å². The van der Waals surface area contributed by atoms with Gasteiger partial charge in [-0.1, -0.05) is 30.3 Å². The van der Waals surface area contributed by atoms with Crippen LogP contribution in [0.1, 0.15) is 32.3 Å². The molecular weight excluding hydrogens is 350 g/mol. The number of benzene rings is 2. The molecule has 1 saturated heterocycles. The van der Waals surface area contributed by atoms with Crippen LogP contribution in [-0.2, 0) is 9.59 Å². The molecule has 2 aromatic carbocycles. The summed E-state index contributed by atoms with van der Waals surface area (Å²) in [5, 5.41) is 3.22. The summed E-state index contributed by atoms with van der Waals surface area (Å²) < 4.78 is 0. The van der Waals surface area contributed by atoms with Crippen molar-refractivity contribution in [3.05, 3.63) is 65.9 Å². The fourth-order valence-corrected chi connectivity index (χ4v) is 3.88. The second-order valence-corrected chi connectivity index (χ2v) is 7.56. The summed E-state index contributed by atoms with van der Waals surface area (Å²) in [7, 11) is 0. The quantitative estimate of drug-likeness (QED) is 0.806. The first-order chi connectivity index (χ1) is 13.6. The number of rotatable bonds is 5. The van der Waals surface area contributed by atoms with Crippen molar-refractivity contribution >= 4 is 28.8 Å². The van der Waals surface area contributed by atoms with Crippen molar-refractivity contribution in [2.45, 2.75) is 32.7 Å². The first kappa shape index (κ1) is 18.3. The molecular formula is C23H25N3O2. The number of imide groups is 1. The third-order valence-corrected chi connectivity index (χ3v) is 5.30. The van der Waals surface area contributed by atoms with Crippen LogP contribution in [0.25, 0.3) is 5.57 Å². The molecule has 0 aromatic heterocycles. The number of amides is 2. The van der Waals surface area contributed by atoms with Crippen LogP contribution in [0.15, 0.2) is 60.3 Å². The van der Waals surface area contributed by atoms with Crippen molar-refractivity contribution in [1.29, 1.82) is 0 Å². The Hall–Kier alpha value is -3.08. The third-order valence-electron chi connectivity index (χ3n) is 5.30. The Kier molecular flexibility index (Phi) is 4.90. The molecule has 4 rings (SSSR count). The normalized spacial score (nSPS) is 17.2. The lowest BCUT2D eigenvalue weighted by atomic mass is 10.0. The van der Waals surface area contributed by atoms with Gasteiger partial charge in [0.05, 0.1) is 5.57 Å². The molecule has 2 aromatic rings. The molecule has 1 N–H and O–H groups in total. The van der Waals surface area contributed by atoms with E-state index in [9.17, 15) is 9.59 Å². The Morgan fingerprint density at radius 2 is 1.50 bits per heavy atom. The van der Waals surface area contributed by atoms with E-state index in [4.69, 9.17) is 0 Å². The van der Waals surface area contributed by atoms with Gasteiger partial charge in [0.1, 0.15) is 5.70 Å². The van der Waals surface area contributed by atoms with Gasteiger partial charge in [0.15, 0.2) is 0 Å². The second-order valence-electron chi connectivity index (χ2n) is 7.56. The molecule has 2 aliphatic heterocycles. The maximum atomic E-state index is 13.0. The highest BCUT2D eigenvalue weighted by molar-refractivity contribution is 6.36. The van der Waals surface area contributed by atoms with E-state index in [1.54, 1.807) is 0 Å². The first-order valence-corrected chi connectivity index (χ1v) is 9.86. The molecule has 5 nitrogen and oxygen atoms in total. The van der Waals surface area contributed by atoms with Gasteiger partial charge < -0.3 is 10.2 Å². The van der Waals surface area contributed by atoms with Crippen LogP contribution in [0.3, 0.4) is 0 Å². The molecule has 0 radical (unpaired) electrons. The van der Waals surface area contributed by atoms with E-state index in [2.05, 4.69) is 22.3 Å². The zero-order chi connectivity index (χ0) is 19.7. The average Bonchev–Trinajstić information content (AvgIpc) is 3.30. The lowest BCUT2D eigenvalue weighted by molar-refractivity contribution is -0.138. The summed E-state index contributed by atoms with van der Waals surface area (Å²) in [6.45, 7) is 5.89. The van der Waals surface area contributed by atoms with Gasteiger partial charge in [-0.05, 0) is 56.5 Å². The van der Waals surface area contributed by atoms with Crippen LogP contribution >= 0.6 is 0 Å². The molecule has 5 heteroatoms. The highest BCUT2D eigenvalue weighted by Crippen LogP contribution is 2.32. The summed E-state index contributed by atoms with van der Waals surface area (Å²) in [5.74, 6) is -0.523. The van der Waals surface area contributed by atoms with Gasteiger partial charge >= 0.3 is 0 Å². The van der Waals surface area contributed by atoms with Gasteiger partial charge in [-0.2, -0.15) is 0 Å².